The Hall–Kier alpha value is -1.16. The molecule has 0 radical (unpaired) electrons. The van der Waals surface area contributed by atoms with Gasteiger partial charge in [-0.3, -0.25) is 0 Å². The first-order valence-electron chi connectivity index (χ1n) is 4.71. The van der Waals surface area contributed by atoms with Gasteiger partial charge < -0.3 is 9.84 Å². The average molecular weight is 216 g/mol. The van der Waals surface area contributed by atoms with Crippen molar-refractivity contribution in [2.45, 2.75) is 26.4 Å². The van der Waals surface area contributed by atoms with Crippen LogP contribution in [-0.2, 0) is 5.60 Å². The van der Waals surface area contributed by atoms with Crippen molar-refractivity contribution in [3.05, 3.63) is 29.3 Å². The Bertz CT molecular complexity index is 356. The van der Waals surface area contributed by atoms with E-state index in [4.69, 9.17) is 4.74 Å². The highest BCUT2D eigenvalue weighted by molar-refractivity contribution is 5.35. The number of hydrogen-bond donors (Lipinski definition) is 1. The lowest BCUT2D eigenvalue weighted by molar-refractivity contribution is 0.0694. The van der Waals surface area contributed by atoms with Gasteiger partial charge in [-0.25, -0.2) is 8.78 Å². The molecule has 0 amide bonds. The third-order valence-corrected chi connectivity index (χ3v) is 1.97. The summed E-state index contributed by atoms with van der Waals surface area (Å²) in [5.74, 6) is -1.66. The topological polar surface area (TPSA) is 29.5 Å². The molecule has 15 heavy (non-hydrogen) atoms. The van der Waals surface area contributed by atoms with E-state index in [9.17, 15) is 13.9 Å². The van der Waals surface area contributed by atoms with Gasteiger partial charge in [0.25, 0.3) is 0 Å². The van der Waals surface area contributed by atoms with Crippen molar-refractivity contribution in [2.24, 2.45) is 0 Å². The summed E-state index contributed by atoms with van der Waals surface area (Å²) in [5, 5.41) is 9.61. The van der Waals surface area contributed by atoms with E-state index in [0.29, 0.717) is 0 Å². The first-order chi connectivity index (χ1) is 6.88. The second kappa shape index (κ2) is 4.14. The summed E-state index contributed by atoms with van der Waals surface area (Å²) in [7, 11) is 0. The van der Waals surface area contributed by atoms with Gasteiger partial charge in [0.05, 0.1) is 17.8 Å². The van der Waals surface area contributed by atoms with Gasteiger partial charge in [0, 0.05) is 0 Å². The molecule has 0 unspecified atom stereocenters. The minimum atomic E-state index is -1.57. The van der Waals surface area contributed by atoms with Gasteiger partial charge in [0.15, 0.2) is 11.6 Å². The molecule has 0 fully saturated rings. The zero-order valence-electron chi connectivity index (χ0n) is 8.97. The number of aliphatic hydroxyl groups is 1. The van der Waals surface area contributed by atoms with Crippen molar-refractivity contribution in [1.29, 1.82) is 0 Å². The number of benzene rings is 1. The normalized spacial score (nSPS) is 11.6. The Morgan fingerprint density at radius 1 is 1.33 bits per heavy atom. The van der Waals surface area contributed by atoms with Crippen LogP contribution in [0, 0.1) is 11.6 Å². The molecule has 1 rings (SSSR count). The first-order valence-corrected chi connectivity index (χ1v) is 4.71. The van der Waals surface area contributed by atoms with E-state index in [1.807, 2.05) is 0 Å². The summed E-state index contributed by atoms with van der Waals surface area (Å²) in [6.45, 7) is 4.63. The smallest absolute Gasteiger partial charge is 0.174 e. The van der Waals surface area contributed by atoms with Gasteiger partial charge in [-0.15, -0.1) is 0 Å². The van der Waals surface area contributed by atoms with Crippen LogP contribution in [-0.4, -0.2) is 11.7 Å². The molecule has 0 bridgehead atoms. The molecule has 0 saturated carbocycles. The van der Waals surface area contributed by atoms with Gasteiger partial charge in [0.2, 0.25) is 0 Å². The molecule has 4 heteroatoms. The second-order valence-corrected chi connectivity index (χ2v) is 3.73. The lowest BCUT2D eigenvalue weighted by Crippen LogP contribution is -2.20. The molecule has 0 aliphatic rings. The van der Waals surface area contributed by atoms with Crippen molar-refractivity contribution in [2.75, 3.05) is 6.61 Å². The lowest BCUT2D eigenvalue weighted by atomic mass is 9.97. The third kappa shape index (κ3) is 2.45. The number of ether oxygens (including phenoxy) is 1. The van der Waals surface area contributed by atoms with Crippen molar-refractivity contribution in [3.8, 4) is 5.75 Å². The van der Waals surface area contributed by atoms with E-state index in [2.05, 4.69) is 0 Å². The maximum absolute atomic E-state index is 13.7. The molecule has 0 heterocycles. The lowest BCUT2D eigenvalue weighted by Gasteiger charge is -2.20. The average Bonchev–Trinajstić information content (AvgIpc) is 2.08. The Morgan fingerprint density at radius 3 is 2.40 bits per heavy atom. The fourth-order valence-corrected chi connectivity index (χ4v) is 1.36. The Labute approximate surface area is 87.5 Å². The second-order valence-electron chi connectivity index (χ2n) is 3.73. The van der Waals surface area contributed by atoms with Crippen molar-refractivity contribution < 1.29 is 18.6 Å². The van der Waals surface area contributed by atoms with Crippen LogP contribution in [0.25, 0.3) is 0 Å². The third-order valence-electron chi connectivity index (χ3n) is 1.97. The van der Waals surface area contributed by atoms with Gasteiger partial charge in [-0.2, -0.15) is 0 Å². The molecule has 1 aromatic carbocycles. The van der Waals surface area contributed by atoms with Crippen molar-refractivity contribution in [3.63, 3.8) is 0 Å². The van der Waals surface area contributed by atoms with Crippen LogP contribution in [0.5, 0.6) is 5.75 Å². The van der Waals surface area contributed by atoms with Gasteiger partial charge in [-0.1, -0.05) is 0 Å². The maximum Gasteiger partial charge on any atom is 0.174 e. The van der Waals surface area contributed by atoms with Crippen LogP contribution < -0.4 is 4.74 Å². The van der Waals surface area contributed by atoms with E-state index in [1.165, 1.54) is 19.9 Å². The molecule has 84 valence electrons. The minimum absolute atomic E-state index is 0.0453. The zero-order valence-corrected chi connectivity index (χ0v) is 8.97. The van der Waals surface area contributed by atoms with E-state index < -0.39 is 17.2 Å². The predicted molar refractivity (Wildman–Crippen MR) is 52.8 cm³/mol. The summed E-state index contributed by atoms with van der Waals surface area (Å²) >= 11 is 0. The SMILES string of the molecule is CCOc1ccc(F)c(C(C)(C)O)c1F. The molecule has 0 spiro atoms. The first kappa shape index (κ1) is 11.9. The minimum Gasteiger partial charge on any atom is -0.491 e. The van der Waals surface area contributed by atoms with Crippen LogP contribution in [0.1, 0.15) is 26.3 Å². The Morgan fingerprint density at radius 2 is 1.93 bits per heavy atom. The molecular formula is C11H14F2O2. The Balaban J connectivity index is 3.30. The number of hydrogen-bond acceptors (Lipinski definition) is 2. The molecule has 0 aliphatic carbocycles. The summed E-state index contributed by atoms with van der Waals surface area (Å²) in [5.41, 5.74) is -1.94. The maximum atomic E-state index is 13.7. The molecule has 0 aliphatic heterocycles. The van der Waals surface area contributed by atoms with Crippen LogP contribution in [0.2, 0.25) is 0 Å². The fourth-order valence-electron chi connectivity index (χ4n) is 1.36. The molecule has 1 aromatic rings. The van der Waals surface area contributed by atoms with Crippen LogP contribution in [0.15, 0.2) is 12.1 Å². The molecule has 2 nitrogen and oxygen atoms in total. The molecular weight excluding hydrogens is 202 g/mol. The predicted octanol–water partition coefficient (Wildman–Crippen LogP) is 2.59. The molecule has 0 saturated heterocycles. The number of halogens is 2. The number of rotatable bonds is 3. The van der Waals surface area contributed by atoms with Crippen molar-refractivity contribution in [1.82, 2.24) is 0 Å². The standard InChI is InChI=1S/C11H14F2O2/c1-4-15-8-6-5-7(12)9(10(8)13)11(2,3)14/h5-6,14H,4H2,1-3H3. The highest BCUT2D eigenvalue weighted by atomic mass is 19.1. The van der Waals surface area contributed by atoms with Crippen LogP contribution in [0.4, 0.5) is 8.78 Å². The highest BCUT2D eigenvalue weighted by Gasteiger charge is 2.27. The summed E-state index contributed by atoms with van der Waals surface area (Å²) in [6, 6.07) is 2.30. The molecule has 0 aromatic heterocycles. The van der Waals surface area contributed by atoms with Crippen LogP contribution >= 0.6 is 0 Å². The summed E-state index contributed by atoms with van der Waals surface area (Å²) in [6.07, 6.45) is 0. The van der Waals surface area contributed by atoms with Gasteiger partial charge in [0.1, 0.15) is 5.82 Å². The quantitative estimate of drug-likeness (QED) is 0.841. The zero-order chi connectivity index (χ0) is 11.6. The van der Waals surface area contributed by atoms with Gasteiger partial charge in [-0.05, 0) is 32.9 Å². The molecule has 1 N–H and O–H groups in total. The monoisotopic (exact) mass is 216 g/mol. The van der Waals surface area contributed by atoms with Crippen LogP contribution in [0.3, 0.4) is 0 Å². The Kier molecular flexibility index (Phi) is 3.29. The van der Waals surface area contributed by atoms with E-state index in [1.54, 1.807) is 6.92 Å². The molecule has 0 atom stereocenters. The van der Waals surface area contributed by atoms with E-state index in [0.717, 1.165) is 6.07 Å². The van der Waals surface area contributed by atoms with E-state index in [-0.39, 0.29) is 17.9 Å². The fraction of sp³-hybridized carbons (Fsp3) is 0.455. The van der Waals surface area contributed by atoms with Gasteiger partial charge >= 0.3 is 0 Å². The van der Waals surface area contributed by atoms with E-state index >= 15 is 0 Å². The van der Waals surface area contributed by atoms with Crippen molar-refractivity contribution >= 4 is 0 Å². The summed E-state index contributed by atoms with van der Waals surface area (Å²) in [4.78, 5) is 0. The highest BCUT2D eigenvalue weighted by Crippen LogP contribution is 2.31. The largest absolute Gasteiger partial charge is 0.491 e. The summed E-state index contributed by atoms with van der Waals surface area (Å²) < 4.78 is 32.0.